The van der Waals surface area contributed by atoms with E-state index in [1.54, 1.807) is 0 Å². The summed E-state index contributed by atoms with van der Waals surface area (Å²) in [7, 11) is 4.11. The fourth-order valence-electron chi connectivity index (χ4n) is 4.40. The van der Waals surface area contributed by atoms with Crippen LogP contribution in [0.3, 0.4) is 0 Å². The van der Waals surface area contributed by atoms with Crippen molar-refractivity contribution in [1.82, 2.24) is 14.7 Å². The summed E-state index contributed by atoms with van der Waals surface area (Å²) in [6.07, 6.45) is 4.10. The first-order valence-corrected chi connectivity index (χ1v) is 9.64. The lowest BCUT2D eigenvalue weighted by atomic mass is 9.73. The van der Waals surface area contributed by atoms with Gasteiger partial charge in [-0.3, -0.25) is 9.69 Å². The molecule has 2 saturated heterocycles. The summed E-state index contributed by atoms with van der Waals surface area (Å²) in [6, 6.07) is 10.2. The summed E-state index contributed by atoms with van der Waals surface area (Å²) >= 11 is 0. The van der Waals surface area contributed by atoms with E-state index in [1.807, 2.05) is 18.2 Å². The van der Waals surface area contributed by atoms with Gasteiger partial charge in [0.2, 0.25) is 5.91 Å². The summed E-state index contributed by atoms with van der Waals surface area (Å²) in [5, 5.41) is 9.11. The number of hydrogen-bond donors (Lipinski definition) is 0. The van der Waals surface area contributed by atoms with Crippen LogP contribution in [0.15, 0.2) is 24.3 Å². The SMILES string of the molecule is CN(C)CCN1CC2(CCCN(Cc3cccc(C#N)c3)C2)CCC1=O. The molecular weight excluding hydrogens is 324 g/mol. The molecule has 0 saturated carbocycles. The molecule has 1 aromatic rings. The maximum absolute atomic E-state index is 12.3. The number of amides is 1. The number of likely N-dealkylation sites (N-methyl/N-ethyl adjacent to an activating group) is 1. The molecule has 0 aromatic heterocycles. The van der Waals surface area contributed by atoms with Gasteiger partial charge in [-0.1, -0.05) is 12.1 Å². The van der Waals surface area contributed by atoms with Crippen molar-refractivity contribution in [3.63, 3.8) is 0 Å². The number of nitrogens with zero attached hydrogens (tertiary/aromatic N) is 4. The van der Waals surface area contributed by atoms with Crippen LogP contribution in [0.2, 0.25) is 0 Å². The quantitative estimate of drug-likeness (QED) is 0.814. The fraction of sp³-hybridized carbons (Fsp3) is 0.619. The van der Waals surface area contributed by atoms with Gasteiger partial charge >= 0.3 is 0 Å². The number of benzene rings is 1. The van der Waals surface area contributed by atoms with Gasteiger partial charge in [-0.05, 0) is 57.6 Å². The van der Waals surface area contributed by atoms with E-state index in [0.29, 0.717) is 12.3 Å². The lowest BCUT2D eigenvalue weighted by Gasteiger charge is -2.48. The van der Waals surface area contributed by atoms with Crippen molar-refractivity contribution in [2.24, 2.45) is 5.41 Å². The van der Waals surface area contributed by atoms with Crippen molar-refractivity contribution in [3.8, 4) is 6.07 Å². The lowest BCUT2D eigenvalue weighted by molar-refractivity contribution is -0.139. The van der Waals surface area contributed by atoms with E-state index >= 15 is 0 Å². The van der Waals surface area contributed by atoms with Gasteiger partial charge < -0.3 is 9.80 Å². The van der Waals surface area contributed by atoms with Crippen molar-refractivity contribution in [1.29, 1.82) is 5.26 Å². The third kappa shape index (κ3) is 4.63. The molecule has 2 heterocycles. The monoisotopic (exact) mass is 354 g/mol. The van der Waals surface area contributed by atoms with Gasteiger partial charge in [-0.25, -0.2) is 0 Å². The highest BCUT2D eigenvalue weighted by atomic mass is 16.2. The van der Waals surface area contributed by atoms with Crippen LogP contribution in [0.4, 0.5) is 0 Å². The third-order valence-electron chi connectivity index (χ3n) is 5.77. The Morgan fingerprint density at radius 2 is 2.12 bits per heavy atom. The van der Waals surface area contributed by atoms with E-state index in [1.165, 1.54) is 18.4 Å². The largest absolute Gasteiger partial charge is 0.341 e. The number of rotatable bonds is 5. The van der Waals surface area contributed by atoms with Crippen LogP contribution < -0.4 is 0 Å². The van der Waals surface area contributed by atoms with Crippen molar-refractivity contribution < 1.29 is 4.79 Å². The van der Waals surface area contributed by atoms with E-state index in [9.17, 15) is 4.79 Å². The van der Waals surface area contributed by atoms with Gasteiger partial charge in [0.1, 0.15) is 0 Å². The Balaban J connectivity index is 1.64. The second-order valence-corrected chi connectivity index (χ2v) is 8.24. The number of piperidine rings is 2. The minimum atomic E-state index is 0.241. The van der Waals surface area contributed by atoms with Gasteiger partial charge in [0.25, 0.3) is 0 Å². The number of nitriles is 1. The molecule has 0 N–H and O–H groups in total. The number of carbonyl (C=O) groups is 1. The Morgan fingerprint density at radius 3 is 2.88 bits per heavy atom. The normalized spacial score (nSPS) is 24.2. The molecule has 1 spiro atoms. The summed E-state index contributed by atoms with van der Waals surface area (Å²) in [4.78, 5) is 19.1. The molecule has 1 aromatic carbocycles. The molecule has 0 aliphatic carbocycles. The predicted molar refractivity (Wildman–Crippen MR) is 102 cm³/mol. The molecule has 26 heavy (non-hydrogen) atoms. The molecule has 2 aliphatic rings. The van der Waals surface area contributed by atoms with E-state index in [0.717, 1.165) is 51.3 Å². The minimum absolute atomic E-state index is 0.241. The molecule has 0 radical (unpaired) electrons. The zero-order valence-corrected chi connectivity index (χ0v) is 16.1. The zero-order chi connectivity index (χ0) is 18.6. The standard InChI is InChI=1S/C21H30N4O/c1-23(2)11-12-25-17-21(9-7-20(25)26)8-4-10-24(16-21)15-19-6-3-5-18(13-19)14-22/h3,5-6,13H,4,7-12,15-17H2,1-2H3. The fourth-order valence-corrected chi connectivity index (χ4v) is 4.40. The average Bonchev–Trinajstić information content (AvgIpc) is 2.63. The highest BCUT2D eigenvalue weighted by molar-refractivity contribution is 5.77. The number of carbonyl (C=O) groups excluding carboxylic acids is 1. The van der Waals surface area contributed by atoms with Crippen LogP contribution in [-0.2, 0) is 11.3 Å². The summed E-state index contributed by atoms with van der Waals surface area (Å²) in [6.45, 7) is 5.70. The van der Waals surface area contributed by atoms with Crippen LogP contribution in [0.1, 0.15) is 36.8 Å². The van der Waals surface area contributed by atoms with Crippen LogP contribution in [0, 0.1) is 16.7 Å². The van der Waals surface area contributed by atoms with Gasteiger partial charge in [0.15, 0.2) is 0 Å². The molecule has 1 amide bonds. The Kier molecular flexibility index (Phi) is 5.95. The molecule has 0 bridgehead atoms. The first-order chi connectivity index (χ1) is 12.5. The maximum atomic E-state index is 12.3. The topological polar surface area (TPSA) is 50.6 Å². The molecule has 140 valence electrons. The second-order valence-electron chi connectivity index (χ2n) is 8.24. The van der Waals surface area contributed by atoms with E-state index in [-0.39, 0.29) is 5.41 Å². The Hall–Kier alpha value is -1.90. The van der Waals surface area contributed by atoms with Gasteiger partial charge in [0.05, 0.1) is 11.6 Å². The van der Waals surface area contributed by atoms with Crippen LogP contribution in [0.5, 0.6) is 0 Å². The van der Waals surface area contributed by atoms with Gasteiger partial charge in [-0.15, -0.1) is 0 Å². The van der Waals surface area contributed by atoms with Crippen LogP contribution in [-0.4, -0.2) is 67.4 Å². The van der Waals surface area contributed by atoms with Crippen molar-refractivity contribution in [3.05, 3.63) is 35.4 Å². The summed E-state index contributed by atoms with van der Waals surface area (Å²) in [5.41, 5.74) is 2.18. The number of hydrogen-bond acceptors (Lipinski definition) is 4. The molecule has 5 nitrogen and oxygen atoms in total. The molecule has 3 rings (SSSR count). The molecule has 1 atom stereocenters. The average molecular weight is 354 g/mol. The third-order valence-corrected chi connectivity index (χ3v) is 5.77. The molecule has 1 unspecified atom stereocenters. The highest BCUT2D eigenvalue weighted by Gasteiger charge is 2.41. The smallest absolute Gasteiger partial charge is 0.222 e. The highest BCUT2D eigenvalue weighted by Crippen LogP contribution is 2.39. The zero-order valence-electron chi connectivity index (χ0n) is 16.1. The van der Waals surface area contributed by atoms with E-state index in [4.69, 9.17) is 5.26 Å². The Labute approximate surface area is 157 Å². The predicted octanol–water partition coefficient (Wildman–Crippen LogP) is 2.32. The van der Waals surface area contributed by atoms with Crippen molar-refractivity contribution >= 4 is 5.91 Å². The summed E-state index contributed by atoms with van der Waals surface area (Å²) in [5.74, 6) is 0.316. The van der Waals surface area contributed by atoms with E-state index < -0.39 is 0 Å². The minimum Gasteiger partial charge on any atom is -0.341 e. The Bertz CT molecular complexity index is 681. The maximum Gasteiger partial charge on any atom is 0.222 e. The lowest BCUT2D eigenvalue weighted by Crippen LogP contribution is -2.54. The Morgan fingerprint density at radius 1 is 1.27 bits per heavy atom. The van der Waals surface area contributed by atoms with Crippen molar-refractivity contribution in [2.75, 3.05) is 46.8 Å². The molecule has 5 heteroatoms. The van der Waals surface area contributed by atoms with Crippen LogP contribution >= 0.6 is 0 Å². The molecular formula is C21H30N4O. The molecule has 2 aliphatic heterocycles. The second kappa shape index (κ2) is 8.20. The van der Waals surface area contributed by atoms with Crippen LogP contribution in [0.25, 0.3) is 0 Å². The molecule has 2 fully saturated rings. The van der Waals surface area contributed by atoms with Gasteiger partial charge in [-0.2, -0.15) is 5.26 Å². The number of likely N-dealkylation sites (tertiary alicyclic amines) is 2. The summed E-state index contributed by atoms with van der Waals surface area (Å²) < 4.78 is 0. The first-order valence-electron chi connectivity index (χ1n) is 9.64. The van der Waals surface area contributed by atoms with Gasteiger partial charge in [0, 0.05) is 44.6 Å². The van der Waals surface area contributed by atoms with Crippen molar-refractivity contribution in [2.45, 2.75) is 32.2 Å². The van der Waals surface area contributed by atoms with E-state index in [2.05, 4.69) is 40.9 Å². The first kappa shape index (κ1) is 18.9.